The molecule has 0 aliphatic carbocycles. The van der Waals surface area contributed by atoms with Crippen molar-refractivity contribution in [3.05, 3.63) is 53.1 Å². The van der Waals surface area contributed by atoms with E-state index in [4.69, 9.17) is 11.6 Å². The average molecular weight is 571 g/mol. The molecule has 2 aromatic rings. The van der Waals surface area contributed by atoms with E-state index in [2.05, 4.69) is 20.3 Å². The van der Waals surface area contributed by atoms with E-state index in [-0.39, 0.29) is 30.1 Å². The molecule has 39 heavy (non-hydrogen) atoms. The number of nitrogens with one attached hydrogen (secondary N) is 2. The second-order valence-electron chi connectivity index (χ2n) is 9.75. The van der Waals surface area contributed by atoms with Crippen molar-refractivity contribution in [1.29, 1.82) is 0 Å². The summed E-state index contributed by atoms with van der Waals surface area (Å²) in [7, 11) is 0. The SMILES string of the molecule is O=C(COC(=O)C(F)(F)F)Nc1ccc(O)cc1N1CC(O)C(NC2CCN(Cc3ccc(Cl)cc3)CC2)C1. The molecule has 2 unspecified atom stereocenters. The number of phenols is 1. The van der Waals surface area contributed by atoms with Crippen LogP contribution < -0.4 is 15.5 Å². The molecule has 0 aromatic heterocycles. The zero-order valence-corrected chi connectivity index (χ0v) is 21.7. The predicted molar refractivity (Wildman–Crippen MR) is 139 cm³/mol. The molecule has 2 aliphatic rings. The van der Waals surface area contributed by atoms with E-state index in [1.807, 2.05) is 24.3 Å². The smallest absolute Gasteiger partial charge is 0.490 e. The highest BCUT2D eigenvalue weighted by Crippen LogP contribution is 2.33. The van der Waals surface area contributed by atoms with Crippen LogP contribution in [0, 0.1) is 0 Å². The minimum absolute atomic E-state index is 0.0922. The molecule has 2 fully saturated rings. The molecule has 2 aromatic carbocycles. The van der Waals surface area contributed by atoms with Crippen LogP contribution in [0.25, 0.3) is 0 Å². The molecule has 9 nitrogen and oxygen atoms in total. The molecule has 2 aliphatic heterocycles. The molecule has 212 valence electrons. The van der Waals surface area contributed by atoms with Crippen LogP contribution in [0.1, 0.15) is 18.4 Å². The third-order valence-electron chi connectivity index (χ3n) is 6.81. The number of phenolic OH excluding ortho intramolecular Hbond substituents is 1. The lowest BCUT2D eigenvalue weighted by molar-refractivity contribution is -0.199. The number of anilines is 2. The number of halogens is 4. The van der Waals surface area contributed by atoms with Crippen LogP contribution >= 0.6 is 11.6 Å². The normalized spacial score (nSPS) is 20.7. The van der Waals surface area contributed by atoms with E-state index >= 15 is 0 Å². The Hall–Kier alpha value is -3.06. The summed E-state index contributed by atoms with van der Waals surface area (Å²) in [6, 6.07) is 11.8. The van der Waals surface area contributed by atoms with Crippen molar-refractivity contribution >= 4 is 34.9 Å². The van der Waals surface area contributed by atoms with E-state index < -0.39 is 30.8 Å². The summed E-state index contributed by atoms with van der Waals surface area (Å²) >= 11 is 5.96. The van der Waals surface area contributed by atoms with Crippen LogP contribution in [0.4, 0.5) is 24.5 Å². The monoisotopic (exact) mass is 570 g/mol. The Balaban J connectivity index is 1.30. The Morgan fingerprint density at radius 1 is 1.08 bits per heavy atom. The standard InChI is InChI=1S/C26H30ClF3N4O5/c27-17-3-1-16(2-4-17)12-33-9-7-18(8-10-33)31-21-13-34(14-23(21)36)22-11-19(35)5-6-20(22)32-24(37)15-39-25(38)26(28,29)30/h1-6,11,18,21,23,31,35-36H,7-10,12-15H2,(H,32,37). The van der Waals surface area contributed by atoms with Crippen molar-refractivity contribution in [2.45, 2.75) is 43.8 Å². The fourth-order valence-corrected chi connectivity index (χ4v) is 4.97. The lowest BCUT2D eigenvalue weighted by Crippen LogP contribution is -2.49. The first-order chi connectivity index (χ1) is 18.5. The van der Waals surface area contributed by atoms with Gasteiger partial charge in [-0.25, -0.2) is 4.79 Å². The first-order valence-electron chi connectivity index (χ1n) is 12.5. The molecular weight excluding hydrogens is 541 g/mol. The van der Waals surface area contributed by atoms with Crippen molar-refractivity contribution in [2.75, 3.05) is 43.0 Å². The van der Waals surface area contributed by atoms with Gasteiger partial charge in [0.2, 0.25) is 0 Å². The summed E-state index contributed by atoms with van der Waals surface area (Å²) in [5, 5.41) is 27.4. The van der Waals surface area contributed by atoms with Gasteiger partial charge in [-0.3, -0.25) is 9.69 Å². The Labute approximate surface area is 228 Å². The number of ether oxygens (including phenoxy) is 1. The van der Waals surface area contributed by atoms with Crippen LogP contribution in [0.15, 0.2) is 42.5 Å². The van der Waals surface area contributed by atoms with Gasteiger partial charge in [0.05, 0.1) is 23.5 Å². The van der Waals surface area contributed by atoms with Crippen LogP contribution in [0.3, 0.4) is 0 Å². The van der Waals surface area contributed by atoms with Gasteiger partial charge in [0.15, 0.2) is 6.61 Å². The number of carbonyl (C=O) groups is 2. The summed E-state index contributed by atoms with van der Waals surface area (Å²) < 4.78 is 41.0. The minimum Gasteiger partial charge on any atom is -0.508 e. The van der Waals surface area contributed by atoms with Crippen molar-refractivity contribution in [2.24, 2.45) is 0 Å². The molecule has 0 spiro atoms. The number of hydrogen-bond donors (Lipinski definition) is 4. The molecule has 4 N–H and O–H groups in total. The lowest BCUT2D eigenvalue weighted by Gasteiger charge is -2.34. The van der Waals surface area contributed by atoms with Crippen LogP contribution in [-0.4, -0.2) is 84.1 Å². The van der Waals surface area contributed by atoms with E-state index in [0.29, 0.717) is 17.3 Å². The predicted octanol–water partition coefficient (Wildman–Crippen LogP) is 2.89. The number of β-amino-alcohol motifs (C(OH)–C–C–N with tert-alkyl or cyclic N) is 1. The molecule has 2 heterocycles. The fraction of sp³-hybridized carbons (Fsp3) is 0.462. The lowest BCUT2D eigenvalue weighted by atomic mass is 10.0. The molecule has 0 radical (unpaired) electrons. The van der Waals surface area contributed by atoms with Crippen LogP contribution in [-0.2, 0) is 20.9 Å². The number of aromatic hydroxyl groups is 1. The largest absolute Gasteiger partial charge is 0.508 e. The number of aliphatic hydroxyl groups excluding tert-OH is 1. The molecule has 2 atom stereocenters. The van der Waals surface area contributed by atoms with Gasteiger partial charge in [-0.1, -0.05) is 23.7 Å². The second kappa shape index (κ2) is 12.4. The number of aliphatic hydroxyl groups is 1. The highest BCUT2D eigenvalue weighted by Gasteiger charge is 2.41. The summed E-state index contributed by atoms with van der Waals surface area (Å²) in [4.78, 5) is 27.2. The van der Waals surface area contributed by atoms with E-state index in [1.165, 1.54) is 23.8 Å². The number of piperidine rings is 1. The number of rotatable bonds is 8. The minimum atomic E-state index is -5.20. The van der Waals surface area contributed by atoms with E-state index in [1.54, 1.807) is 4.90 Å². The number of hydrogen-bond acceptors (Lipinski definition) is 8. The van der Waals surface area contributed by atoms with Crippen LogP contribution in [0.5, 0.6) is 5.75 Å². The van der Waals surface area contributed by atoms with Gasteiger partial charge >= 0.3 is 12.1 Å². The van der Waals surface area contributed by atoms with Crippen molar-refractivity contribution in [3.8, 4) is 5.75 Å². The van der Waals surface area contributed by atoms with Gasteiger partial charge in [0, 0.05) is 36.8 Å². The Morgan fingerprint density at radius 2 is 1.77 bits per heavy atom. The van der Waals surface area contributed by atoms with Crippen molar-refractivity contribution in [3.63, 3.8) is 0 Å². The molecule has 2 saturated heterocycles. The summed E-state index contributed by atoms with van der Waals surface area (Å²) in [6.45, 7) is 2.10. The van der Waals surface area contributed by atoms with Gasteiger partial charge in [0.1, 0.15) is 5.75 Å². The maximum atomic E-state index is 12.3. The Morgan fingerprint density at radius 3 is 2.44 bits per heavy atom. The molecule has 4 rings (SSSR count). The molecule has 1 amide bonds. The van der Waals surface area contributed by atoms with Crippen LogP contribution in [0.2, 0.25) is 5.02 Å². The number of alkyl halides is 3. The van der Waals surface area contributed by atoms with Gasteiger partial charge in [-0.15, -0.1) is 0 Å². The third kappa shape index (κ3) is 7.98. The number of nitrogens with zero attached hydrogens (tertiary/aromatic N) is 2. The summed E-state index contributed by atoms with van der Waals surface area (Å²) in [6.07, 6.45) is -4.12. The first kappa shape index (κ1) is 28.9. The zero-order chi connectivity index (χ0) is 28.2. The van der Waals surface area contributed by atoms with Crippen molar-refractivity contribution < 1.29 is 37.7 Å². The zero-order valence-electron chi connectivity index (χ0n) is 21.0. The summed E-state index contributed by atoms with van der Waals surface area (Å²) in [5.74, 6) is -3.53. The van der Waals surface area contributed by atoms with Gasteiger partial charge in [0.25, 0.3) is 5.91 Å². The number of likely N-dealkylation sites (tertiary alicyclic amines) is 1. The second-order valence-corrected chi connectivity index (χ2v) is 10.2. The first-order valence-corrected chi connectivity index (χ1v) is 12.9. The molecule has 0 bridgehead atoms. The van der Waals surface area contributed by atoms with E-state index in [9.17, 15) is 33.0 Å². The Bertz CT molecular complexity index is 1160. The topological polar surface area (TPSA) is 114 Å². The number of esters is 1. The maximum absolute atomic E-state index is 12.3. The molecule has 13 heteroatoms. The fourth-order valence-electron chi connectivity index (χ4n) is 4.84. The summed E-state index contributed by atoms with van der Waals surface area (Å²) in [5.41, 5.74) is 1.77. The number of amides is 1. The average Bonchev–Trinajstić information content (AvgIpc) is 3.25. The van der Waals surface area contributed by atoms with E-state index in [0.717, 1.165) is 32.5 Å². The van der Waals surface area contributed by atoms with Gasteiger partial charge in [-0.2, -0.15) is 13.2 Å². The highest BCUT2D eigenvalue weighted by atomic mass is 35.5. The third-order valence-corrected chi connectivity index (χ3v) is 7.06. The highest BCUT2D eigenvalue weighted by molar-refractivity contribution is 6.30. The quantitative estimate of drug-likeness (QED) is 0.283. The maximum Gasteiger partial charge on any atom is 0.490 e. The van der Waals surface area contributed by atoms with Gasteiger partial charge in [-0.05, 0) is 55.8 Å². The molecule has 0 saturated carbocycles. The number of benzene rings is 2. The van der Waals surface area contributed by atoms with Crippen molar-refractivity contribution in [1.82, 2.24) is 10.2 Å². The Kier molecular flexibility index (Phi) is 9.21. The van der Waals surface area contributed by atoms with Gasteiger partial charge < -0.3 is 30.5 Å². The number of carbonyl (C=O) groups excluding carboxylic acids is 2. The molecular formula is C26H30ClF3N4O5.